The number of nitrogens with zero attached hydrogens (tertiary/aromatic N) is 1. The summed E-state index contributed by atoms with van der Waals surface area (Å²) < 4.78 is 0. The highest BCUT2D eigenvalue weighted by molar-refractivity contribution is 5.76. The zero-order valence-corrected chi connectivity index (χ0v) is 9.59. The molecule has 2 heteroatoms. The molecule has 1 aliphatic rings. The molecule has 2 nitrogen and oxygen atoms in total. The van der Waals surface area contributed by atoms with Crippen LogP contribution in [0, 0.1) is 5.92 Å². The van der Waals surface area contributed by atoms with E-state index in [0.29, 0.717) is 5.91 Å². The van der Waals surface area contributed by atoms with Gasteiger partial charge in [-0.3, -0.25) is 4.79 Å². The quantitative estimate of drug-likeness (QED) is 0.681. The second kappa shape index (κ2) is 6.05. The largest absolute Gasteiger partial charge is 0.343 e. The molecule has 1 unspecified atom stereocenters. The number of hydrogen-bond donors (Lipinski definition) is 0. The summed E-state index contributed by atoms with van der Waals surface area (Å²) in [5, 5.41) is 0. The molecule has 1 aliphatic heterocycles. The van der Waals surface area contributed by atoms with Crippen LogP contribution in [0.25, 0.3) is 0 Å². The zero-order chi connectivity index (χ0) is 10.4. The van der Waals surface area contributed by atoms with Gasteiger partial charge in [-0.05, 0) is 31.6 Å². The Hall–Kier alpha value is -0.530. The number of amides is 1. The molecule has 1 fully saturated rings. The maximum absolute atomic E-state index is 11.7. The van der Waals surface area contributed by atoms with Gasteiger partial charge in [-0.2, -0.15) is 0 Å². The molecule has 1 amide bonds. The molecule has 0 aromatic heterocycles. The first kappa shape index (κ1) is 11.5. The van der Waals surface area contributed by atoms with E-state index in [4.69, 9.17) is 0 Å². The first-order valence-electron chi connectivity index (χ1n) is 6.05. The summed E-state index contributed by atoms with van der Waals surface area (Å²) in [4.78, 5) is 13.7. The summed E-state index contributed by atoms with van der Waals surface area (Å²) in [6.07, 6.45) is 6.71. The number of carbonyl (C=O) groups excluding carboxylic acids is 1. The van der Waals surface area contributed by atoms with E-state index >= 15 is 0 Å². The highest BCUT2D eigenvalue weighted by Crippen LogP contribution is 2.20. The van der Waals surface area contributed by atoms with Gasteiger partial charge in [0.25, 0.3) is 0 Å². The Morgan fingerprint density at radius 1 is 1.29 bits per heavy atom. The second-order valence-corrected chi connectivity index (χ2v) is 4.34. The molecule has 0 aliphatic carbocycles. The van der Waals surface area contributed by atoms with Gasteiger partial charge in [0.1, 0.15) is 0 Å². The lowest BCUT2D eigenvalue weighted by Crippen LogP contribution is -2.31. The van der Waals surface area contributed by atoms with E-state index in [-0.39, 0.29) is 0 Å². The molecule has 0 bridgehead atoms. The second-order valence-electron chi connectivity index (χ2n) is 4.34. The molecule has 0 radical (unpaired) electrons. The van der Waals surface area contributed by atoms with Crippen molar-refractivity contribution in [1.82, 2.24) is 4.90 Å². The Labute approximate surface area is 87.7 Å². The molecule has 1 rings (SSSR count). The third-order valence-electron chi connectivity index (χ3n) is 3.24. The fourth-order valence-electron chi connectivity index (χ4n) is 2.20. The minimum Gasteiger partial charge on any atom is -0.343 e. The van der Waals surface area contributed by atoms with E-state index in [1.54, 1.807) is 0 Å². The Morgan fingerprint density at radius 2 is 2.07 bits per heavy atom. The summed E-state index contributed by atoms with van der Waals surface area (Å²) in [5.41, 5.74) is 0. The van der Waals surface area contributed by atoms with E-state index in [1.807, 2.05) is 0 Å². The molecular formula is C12H23NO. The Kier molecular flexibility index (Phi) is 4.99. The van der Waals surface area contributed by atoms with Crippen LogP contribution in [0.4, 0.5) is 0 Å². The smallest absolute Gasteiger partial charge is 0.222 e. The molecule has 14 heavy (non-hydrogen) atoms. The molecule has 0 aromatic carbocycles. The van der Waals surface area contributed by atoms with Gasteiger partial charge in [-0.25, -0.2) is 0 Å². The van der Waals surface area contributed by atoms with Crippen LogP contribution in [0.1, 0.15) is 52.4 Å². The maximum Gasteiger partial charge on any atom is 0.222 e. The first-order chi connectivity index (χ1) is 6.77. The molecule has 0 N–H and O–H groups in total. The van der Waals surface area contributed by atoms with Crippen molar-refractivity contribution in [2.75, 3.05) is 13.1 Å². The monoisotopic (exact) mass is 197 g/mol. The lowest BCUT2D eigenvalue weighted by Gasteiger charge is -2.20. The van der Waals surface area contributed by atoms with Crippen molar-refractivity contribution >= 4 is 5.91 Å². The normalized spacial score (nSPS) is 23.3. The summed E-state index contributed by atoms with van der Waals surface area (Å²) in [6, 6.07) is 0. The van der Waals surface area contributed by atoms with Crippen molar-refractivity contribution in [2.45, 2.75) is 52.4 Å². The molecule has 0 spiro atoms. The van der Waals surface area contributed by atoms with Crippen molar-refractivity contribution in [3.63, 3.8) is 0 Å². The zero-order valence-electron chi connectivity index (χ0n) is 9.59. The topological polar surface area (TPSA) is 20.3 Å². The minimum absolute atomic E-state index is 0.365. The van der Waals surface area contributed by atoms with Crippen LogP contribution in [0.2, 0.25) is 0 Å². The van der Waals surface area contributed by atoms with E-state index in [0.717, 1.165) is 31.8 Å². The number of likely N-dealkylation sites (tertiary alicyclic amines) is 1. The Bertz CT molecular complexity index is 179. The van der Waals surface area contributed by atoms with E-state index in [9.17, 15) is 4.79 Å². The van der Waals surface area contributed by atoms with Gasteiger partial charge in [-0.1, -0.05) is 20.3 Å². The maximum atomic E-state index is 11.7. The van der Waals surface area contributed by atoms with Crippen molar-refractivity contribution < 1.29 is 4.79 Å². The molecule has 1 saturated heterocycles. The van der Waals surface area contributed by atoms with Gasteiger partial charge >= 0.3 is 0 Å². The molecule has 1 atom stereocenters. The van der Waals surface area contributed by atoms with Gasteiger partial charge in [0.15, 0.2) is 0 Å². The summed E-state index contributed by atoms with van der Waals surface area (Å²) in [6.45, 7) is 6.32. The lowest BCUT2D eigenvalue weighted by molar-refractivity contribution is -0.131. The van der Waals surface area contributed by atoms with Crippen LogP contribution in [-0.4, -0.2) is 23.9 Å². The van der Waals surface area contributed by atoms with Crippen LogP contribution in [0.5, 0.6) is 0 Å². The molecule has 82 valence electrons. The Balaban J connectivity index is 2.37. The van der Waals surface area contributed by atoms with Crippen LogP contribution in [-0.2, 0) is 4.79 Å². The van der Waals surface area contributed by atoms with Crippen LogP contribution in [0.15, 0.2) is 0 Å². The summed E-state index contributed by atoms with van der Waals surface area (Å²) in [5.74, 6) is 1.22. The summed E-state index contributed by atoms with van der Waals surface area (Å²) in [7, 11) is 0. The van der Waals surface area contributed by atoms with Crippen molar-refractivity contribution in [1.29, 1.82) is 0 Å². The van der Waals surface area contributed by atoms with Gasteiger partial charge < -0.3 is 4.90 Å². The van der Waals surface area contributed by atoms with Gasteiger partial charge in [0.2, 0.25) is 5.91 Å². The van der Waals surface area contributed by atoms with Gasteiger partial charge in [0.05, 0.1) is 0 Å². The average molecular weight is 197 g/mol. The van der Waals surface area contributed by atoms with Crippen LogP contribution < -0.4 is 0 Å². The van der Waals surface area contributed by atoms with E-state index < -0.39 is 0 Å². The fourth-order valence-corrected chi connectivity index (χ4v) is 2.20. The van der Waals surface area contributed by atoms with E-state index in [1.165, 1.54) is 25.7 Å². The van der Waals surface area contributed by atoms with Gasteiger partial charge in [-0.15, -0.1) is 0 Å². The van der Waals surface area contributed by atoms with Gasteiger partial charge in [0, 0.05) is 19.5 Å². The predicted molar refractivity (Wildman–Crippen MR) is 59.1 cm³/mol. The van der Waals surface area contributed by atoms with Crippen molar-refractivity contribution in [3.8, 4) is 0 Å². The first-order valence-corrected chi connectivity index (χ1v) is 6.05. The molecule has 0 aromatic rings. The predicted octanol–water partition coefficient (Wildman–Crippen LogP) is 2.83. The minimum atomic E-state index is 0.365. The standard InChI is InChI=1S/C12H23NO/c1-3-6-12(14)13-9-5-7-11(4-2)8-10-13/h11H,3-10H2,1-2H3. The fraction of sp³-hybridized carbons (Fsp3) is 0.917. The number of rotatable bonds is 3. The molecule has 1 heterocycles. The van der Waals surface area contributed by atoms with Crippen molar-refractivity contribution in [3.05, 3.63) is 0 Å². The highest BCUT2D eigenvalue weighted by Gasteiger charge is 2.18. The van der Waals surface area contributed by atoms with Crippen LogP contribution >= 0.6 is 0 Å². The van der Waals surface area contributed by atoms with Crippen molar-refractivity contribution in [2.24, 2.45) is 5.92 Å². The molecular weight excluding hydrogens is 174 g/mol. The summed E-state index contributed by atoms with van der Waals surface area (Å²) >= 11 is 0. The third kappa shape index (κ3) is 3.32. The van der Waals surface area contributed by atoms with E-state index in [2.05, 4.69) is 18.7 Å². The SMILES string of the molecule is CCCC(=O)N1CCCC(CC)CC1. The molecule has 0 saturated carbocycles. The number of hydrogen-bond acceptors (Lipinski definition) is 1. The highest BCUT2D eigenvalue weighted by atomic mass is 16.2. The number of carbonyl (C=O) groups is 1. The van der Waals surface area contributed by atoms with Crippen LogP contribution in [0.3, 0.4) is 0 Å². The third-order valence-corrected chi connectivity index (χ3v) is 3.24. The lowest BCUT2D eigenvalue weighted by atomic mass is 9.98. The Morgan fingerprint density at radius 3 is 2.71 bits per heavy atom. The average Bonchev–Trinajstić information content (AvgIpc) is 2.42.